The van der Waals surface area contributed by atoms with Crippen LogP contribution in [-0.4, -0.2) is 24.8 Å². The van der Waals surface area contributed by atoms with Gasteiger partial charge in [0.25, 0.3) is 0 Å². The summed E-state index contributed by atoms with van der Waals surface area (Å²) in [5.41, 5.74) is 3.66. The van der Waals surface area contributed by atoms with E-state index < -0.39 is 0 Å². The van der Waals surface area contributed by atoms with E-state index >= 15 is 0 Å². The van der Waals surface area contributed by atoms with Crippen LogP contribution in [0.3, 0.4) is 0 Å². The fourth-order valence-corrected chi connectivity index (χ4v) is 3.31. The number of para-hydroxylation sites is 1. The summed E-state index contributed by atoms with van der Waals surface area (Å²) in [5, 5.41) is 5.95. The smallest absolute Gasteiger partial charge is 0.0595 e. The van der Waals surface area contributed by atoms with E-state index in [1.807, 2.05) is 18.2 Å². The monoisotopic (exact) mass is 376 g/mol. The summed E-state index contributed by atoms with van der Waals surface area (Å²) >= 11 is 12.2. The Morgan fingerprint density at radius 2 is 1.92 bits per heavy atom. The molecule has 0 saturated carbocycles. The van der Waals surface area contributed by atoms with Gasteiger partial charge in [0.2, 0.25) is 0 Å². The van der Waals surface area contributed by atoms with Gasteiger partial charge >= 0.3 is 0 Å². The molecule has 0 saturated heterocycles. The lowest BCUT2D eigenvalue weighted by Gasteiger charge is -2.07. The number of methoxy groups -OCH3 is 1. The minimum atomic E-state index is 0.587. The predicted molar refractivity (Wildman–Crippen MR) is 106 cm³/mol. The Morgan fingerprint density at radius 3 is 2.72 bits per heavy atom. The summed E-state index contributed by atoms with van der Waals surface area (Å²) in [6.45, 7) is 3.34. The third-order valence-electron chi connectivity index (χ3n) is 4.23. The number of nitrogens with zero attached hydrogens (tertiary/aromatic N) is 1. The first-order valence-corrected chi connectivity index (χ1v) is 9.15. The van der Waals surface area contributed by atoms with E-state index in [4.69, 9.17) is 27.9 Å². The van der Waals surface area contributed by atoms with Crippen LogP contribution in [0.2, 0.25) is 10.0 Å². The molecule has 0 spiro atoms. The van der Waals surface area contributed by atoms with Gasteiger partial charge in [0, 0.05) is 43.9 Å². The lowest BCUT2D eigenvalue weighted by atomic mass is 10.2. The zero-order chi connectivity index (χ0) is 17.6. The Balaban J connectivity index is 1.79. The van der Waals surface area contributed by atoms with Crippen LogP contribution >= 0.6 is 23.2 Å². The van der Waals surface area contributed by atoms with Crippen LogP contribution in [0.4, 0.5) is 0 Å². The maximum atomic E-state index is 6.15. The van der Waals surface area contributed by atoms with E-state index in [0.717, 1.165) is 38.2 Å². The molecule has 0 bridgehead atoms. The van der Waals surface area contributed by atoms with E-state index in [9.17, 15) is 0 Å². The molecule has 1 heterocycles. The van der Waals surface area contributed by atoms with Gasteiger partial charge in [-0.25, -0.2) is 0 Å². The minimum absolute atomic E-state index is 0.587. The largest absolute Gasteiger partial charge is 0.385 e. The molecule has 0 fully saturated rings. The number of rotatable bonds is 8. The molecule has 0 aliphatic carbocycles. The van der Waals surface area contributed by atoms with Gasteiger partial charge in [0.05, 0.1) is 10.0 Å². The second-order valence-corrected chi connectivity index (χ2v) is 6.89. The Kier molecular flexibility index (Phi) is 6.38. The molecule has 0 aliphatic heterocycles. The van der Waals surface area contributed by atoms with E-state index in [-0.39, 0.29) is 0 Å². The second-order valence-electron chi connectivity index (χ2n) is 6.07. The molecule has 5 heteroatoms. The molecular weight excluding hydrogens is 355 g/mol. The Labute approximate surface area is 158 Å². The van der Waals surface area contributed by atoms with Crippen molar-refractivity contribution in [1.29, 1.82) is 0 Å². The van der Waals surface area contributed by atoms with Gasteiger partial charge in [-0.3, -0.25) is 0 Å². The van der Waals surface area contributed by atoms with Crippen molar-refractivity contribution < 1.29 is 4.74 Å². The van der Waals surface area contributed by atoms with Gasteiger partial charge < -0.3 is 14.6 Å². The molecule has 0 radical (unpaired) electrons. The Hall–Kier alpha value is -1.52. The predicted octanol–water partition coefficient (Wildman–Crippen LogP) is 5.12. The molecule has 0 unspecified atom stereocenters. The molecule has 2 aromatic carbocycles. The standard InChI is InChI=1S/C20H22Cl2N2O/c1-25-10-4-9-23-12-16-14-24(20-6-3-2-5-17(16)20)13-15-7-8-18(21)19(22)11-15/h2-3,5-8,11,14,23H,4,9-10,12-13H2,1H3. The van der Waals surface area contributed by atoms with Crippen molar-refractivity contribution >= 4 is 34.1 Å². The molecule has 0 atom stereocenters. The minimum Gasteiger partial charge on any atom is -0.385 e. The fraction of sp³-hybridized carbons (Fsp3) is 0.300. The van der Waals surface area contributed by atoms with Gasteiger partial charge in [-0.15, -0.1) is 0 Å². The van der Waals surface area contributed by atoms with Gasteiger partial charge in [0.15, 0.2) is 0 Å². The van der Waals surface area contributed by atoms with Crippen molar-refractivity contribution in [3.63, 3.8) is 0 Å². The van der Waals surface area contributed by atoms with Crippen LogP contribution in [-0.2, 0) is 17.8 Å². The molecule has 3 rings (SSSR count). The average Bonchev–Trinajstić information content (AvgIpc) is 2.96. The third kappa shape index (κ3) is 4.56. The van der Waals surface area contributed by atoms with Crippen LogP contribution in [0.5, 0.6) is 0 Å². The lowest BCUT2D eigenvalue weighted by molar-refractivity contribution is 0.194. The van der Waals surface area contributed by atoms with E-state index in [2.05, 4.69) is 40.3 Å². The van der Waals surface area contributed by atoms with Crippen LogP contribution in [0.15, 0.2) is 48.7 Å². The molecule has 132 valence electrons. The molecule has 0 amide bonds. The first kappa shape index (κ1) is 18.3. The Bertz CT molecular complexity index is 845. The number of nitrogens with one attached hydrogen (secondary N) is 1. The van der Waals surface area contributed by atoms with Crippen LogP contribution in [0.25, 0.3) is 10.9 Å². The van der Waals surface area contributed by atoms with Crippen LogP contribution in [0, 0.1) is 0 Å². The van der Waals surface area contributed by atoms with Crippen molar-refractivity contribution in [3.05, 3.63) is 69.8 Å². The fourth-order valence-electron chi connectivity index (χ4n) is 2.99. The maximum Gasteiger partial charge on any atom is 0.0595 e. The van der Waals surface area contributed by atoms with Crippen LogP contribution in [0.1, 0.15) is 17.5 Å². The van der Waals surface area contributed by atoms with Crippen molar-refractivity contribution in [3.8, 4) is 0 Å². The number of hydrogen-bond acceptors (Lipinski definition) is 2. The molecule has 0 aliphatic rings. The Morgan fingerprint density at radius 1 is 1.08 bits per heavy atom. The van der Waals surface area contributed by atoms with E-state index in [1.54, 1.807) is 7.11 Å². The summed E-state index contributed by atoms with van der Waals surface area (Å²) in [4.78, 5) is 0. The highest BCUT2D eigenvalue weighted by Crippen LogP contribution is 2.26. The SMILES string of the molecule is COCCCNCc1cn(Cc2ccc(Cl)c(Cl)c2)c2ccccc12. The molecule has 3 nitrogen and oxygen atoms in total. The second kappa shape index (κ2) is 8.72. The highest BCUT2D eigenvalue weighted by atomic mass is 35.5. The summed E-state index contributed by atoms with van der Waals surface area (Å²) < 4.78 is 7.35. The lowest BCUT2D eigenvalue weighted by Crippen LogP contribution is -2.15. The number of fused-ring (bicyclic) bond motifs is 1. The van der Waals surface area contributed by atoms with Crippen LogP contribution < -0.4 is 5.32 Å². The number of halogens is 2. The molecule has 25 heavy (non-hydrogen) atoms. The quantitative estimate of drug-likeness (QED) is 0.552. The van der Waals surface area contributed by atoms with E-state index in [0.29, 0.717) is 10.0 Å². The summed E-state index contributed by atoms with van der Waals surface area (Å²) in [6, 6.07) is 14.3. The van der Waals surface area contributed by atoms with Gasteiger partial charge in [-0.2, -0.15) is 0 Å². The zero-order valence-electron chi connectivity index (χ0n) is 14.3. The molecule has 1 N–H and O–H groups in total. The van der Waals surface area contributed by atoms with Crippen molar-refractivity contribution in [2.75, 3.05) is 20.3 Å². The first-order valence-electron chi connectivity index (χ1n) is 8.39. The normalized spacial score (nSPS) is 11.3. The van der Waals surface area contributed by atoms with Crippen molar-refractivity contribution in [1.82, 2.24) is 9.88 Å². The topological polar surface area (TPSA) is 26.2 Å². The average molecular weight is 377 g/mol. The van der Waals surface area contributed by atoms with Crippen molar-refractivity contribution in [2.45, 2.75) is 19.5 Å². The highest BCUT2D eigenvalue weighted by Gasteiger charge is 2.09. The molecule has 1 aromatic heterocycles. The highest BCUT2D eigenvalue weighted by molar-refractivity contribution is 6.42. The van der Waals surface area contributed by atoms with Gasteiger partial charge in [-0.1, -0.05) is 47.5 Å². The van der Waals surface area contributed by atoms with E-state index in [1.165, 1.54) is 16.5 Å². The summed E-state index contributed by atoms with van der Waals surface area (Å²) in [6.07, 6.45) is 3.23. The molecule has 3 aromatic rings. The van der Waals surface area contributed by atoms with Gasteiger partial charge in [0.1, 0.15) is 0 Å². The van der Waals surface area contributed by atoms with Gasteiger partial charge in [-0.05, 0) is 42.3 Å². The number of ether oxygens (including phenoxy) is 1. The number of aromatic nitrogens is 1. The summed E-state index contributed by atoms with van der Waals surface area (Å²) in [5.74, 6) is 0. The van der Waals surface area contributed by atoms with Crippen molar-refractivity contribution in [2.24, 2.45) is 0 Å². The third-order valence-corrected chi connectivity index (χ3v) is 4.96. The first-order chi connectivity index (χ1) is 12.2. The number of benzene rings is 2. The summed E-state index contributed by atoms with van der Waals surface area (Å²) in [7, 11) is 1.73. The molecular formula is C20H22Cl2N2O. The number of hydrogen-bond donors (Lipinski definition) is 1. The zero-order valence-corrected chi connectivity index (χ0v) is 15.8. The maximum absolute atomic E-state index is 6.15.